The fourth-order valence-corrected chi connectivity index (χ4v) is 4.69. The Balaban J connectivity index is 0.00000129. The molecule has 2 N–H and O–H groups in total. The molecular weight excluding hydrogens is 476 g/mol. The highest BCUT2D eigenvalue weighted by Gasteiger charge is 2.40. The number of thioether (sulfide) groups is 1. The van der Waals surface area contributed by atoms with Gasteiger partial charge in [-0.2, -0.15) is 13.2 Å². The Kier molecular flexibility index (Phi) is 9.34. The van der Waals surface area contributed by atoms with Crippen LogP contribution >= 0.6 is 11.8 Å². The van der Waals surface area contributed by atoms with E-state index < -0.39 is 29.0 Å². The number of ether oxygens (including phenoxy) is 1. The number of carbonyl (C=O) groups excluding carboxylic acids is 1. The van der Waals surface area contributed by atoms with Gasteiger partial charge in [0.05, 0.1) is 23.8 Å². The number of likely N-dealkylation sites (tertiary alicyclic amines) is 1. The Bertz CT molecular complexity index is 994. The molecule has 11 heteroatoms. The number of rotatable bonds is 5. The number of carboxylic acid groups (broad SMARTS) is 1. The summed E-state index contributed by atoms with van der Waals surface area (Å²) >= 11 is 1.03. The molecule has 2 aromatic rings. The zero-order valence-electron chi connectivity index (χ0n) is 18.9. The van der Waals surface area contributed by atoms with Crippen molar-refractivity contribution in [1.29, 1.82) is 0 Å². The monoisotopic (exact) mass is 502 g/mol. The molecule has 1 unspecified atom stereocenters. The van der Waals surface area contributed by atoms with Crippen LogP contribution in [0.5, 0.6) is 5.75 Å². The third-order valence-electron chi connectivity index (χ3n) is 5.47. The van der Waals surface area contributed by atoms with Crippen molar-refractivity contribution in [3.63, 3.8) is 0 Å². The third kappa shape index (κ3) is 6.41. The van der Waals surface area contributed by atoms with Gasteiger partial charge < -0.3 is 20.1 Å². The highest BCUT2D eigenvalue weighted by molar-refractivity contribution is 7.98. The van der Waals surface area contributed by atoms with Gasteiger partial charge in [0.2, 0.25) is 0 Å². The number of hydrogen-bond acceptors (Lipinski definition) is 5. The summed E-state index contributed by atoms with van der Waals surface area (Å²) in [5.41, 5.74) is -1.12. The van der Waals surface area contributed by atoms with E-state index in [1.165, 1.54) is 19.2 Å². The van der Waals surface area contributed by atoms with Crippen LogP contribution in [0.1, 0.15) is 34.3 Å². The van der Waals surface area contributed by atoms with E-state index in [2.05, 4.69) is 5.32 Å². The number of amides is 1. The van der Waals surface area contributed by atoms with Crippen molar-refractivity contribution in [2.75, 3.05) is 33.5 Å². The standard InChI is InChI=1S/C22H24F4N2O2S.CH2O2/c1-28-9-5-8-21(13-28,14-6-4-7-16(23)10-14)27-20(29)19-17(30-2)11-15(22(24,25)26)12-18(19)31-3;2-1-3/h4,6-7,10-12H,5,8-9,13H2,1-3H3,(H,27,29);1H,(H,2,3). The van der Waals surface area contributed by atoms with Crippen LogP contribution in [-0.2, 0) is 16.5 Å². The van der Waals surface area contributed by atoms with Gasteiger partial charge in [0.15, 0.2) is 0 Å². The summed E-state index contributed by atoms with van der Waals surface area (Å²) in [7, 11) is 3.14. The Hall–Kier alpha value is -2.79. The molecule has 0 bridgehead atoms. The predicted octanol–water partition coefficient (Wildman–Crippen LogP) is 4.63. The molecule has 2 aromatic carbocycles. The maximum absolute atomic E-state index is 14.0. The van der Waals surface area contributed by atoms with E-state index in [-0.39, 0.29) is 22.7 Å². The van der Waals surface area contributed by atoms with Crippen LogP contribution in [0.3, 0.4) is 0 Å². The van der Waals surface area contributed by atoms with Gasteiger partial charge in [0.1, 0.15) is 11.6 Å². The summed E-state index contributed by atoms with van der Waals surface area (Å²) in [4.78, 5) is 24.0. The molecule has 0 aromatic heterocycles. The minimum Gasteiger partial charge on any atom is -0.496 e. The number of nitrogens with one attached hydrogen (secondary N) is 1. The van der Waals surface area contributed by atoms with E-state index in [0.717, 1.165) is 36.9 Å². The third-order valence-corrected chi connectivity index (χ3v) is 6.24. The van der Waals surface area contributed by atoms with Gasteiger partial charge in [-0.1, -0.05) is 12.1 Å². The number of hydrogen-bond donors (Lipinski definition) is 2. The van der Waals surface area contributed by atoms with Crippen molar-refractivity contribution in [1.82, 2.24) is 10.2 Å². The smallest absolute Gasteiger partial charge is 0.416 e. The molecule has 186 valence electrons. The van der Waals surface area contributed by atoms with E-state index in [9.17, 15) is 22.4 Å². The second-order valence-corrected chi connectivity index (χ2v) is 8.59. The first-order valence-corrected chi connectivity index (χ1v) is 11.4. The second-order valence-electron chi connectivity index (χ2n) is 7.75. The van der Waals surface area contributed by atoms with Gasteiger partial charge in [0.25, 0.3) is 12.4 Å². The maximum Gasteiger partial charge on any atom is 0.416 e. The van der Waals surface area contributed by atoms with Crippen LogP contribution < -0.4 is 10.1 Å². The predicted molar refractivity (Wildman–Crippen MR) is 121 cm³/mol. The van der Waals surface area contributed by atoms with Gasteiger partial charge in [-0.05, 0) is 62.5 Å². The molecule has 6 nitrogen and oxygen atoms in total. The highest BCUT2D eigenvalue weighted by atomic mass is 32.2. The lowest BCUT2D eigenvalue weighted by atomic mass is 9.82. The normalized spacial score (nSPS) is 18.4. The Morgan fingerprint density at radius 2 is 1.97 bits per heavy atom. The first-order valence-electron chi connectivity index (χ1n) is 10.2. The minimum atomic E-state index is -4.57. The first kappa shape index (κ1) is 27.5. The fraction of sp³-hybridized carbons (Fsp3) is 0.391. The van der Waals surface area contributed by atoms with Crippen molar-refractivity contribution < 1.29 is 37.0 Å². The van der Waals surface area contributed by atoms with Crippen molar-refractivity contribution in [2.24, 2.45) is 0 Å². The molecule has 0 aliphatic carbocycles. The fourth-order valence-electron chi connectivity index (χ4n) is 4.04. The van der Waals surface area contributed by atoms with Crippen molar-refractivity contribution >= 4 is 24.1 Å². The van der Waals surface area contributed by atoms with E-state index in [1.807, 2.05) is 11.9 Å². The van der Waals surface area contributed by atoms with Crippen LogP contribution in [-0.4, -0.2) is 55.9 Å². The summed E-state index contributed by atoms with van der Waals surface area (Å²) < 4.78 is 59.0. The number of halogens is 4. The molecule has 1 aliphatic heterocycles. The van der Waals surface area contributed by atoms with Crippen LogP contribution in [0, 0.1) is 5.82 Å². The average molecular weight is 503 g/mol. The molecule has 3 rings (SSSR count). The Morgan fingerprint density at radius 3 is 2.50 bits per heavy atom. The zero-order chi connectivity index (χ0) is 25.5. The lowest BCUT2D eigenvalue weighted by molar-refractivity contribution is -0.137. The number of nitrogens with zero attached hydrogens (tertiary/aromatic N) is 1. The molecule has 1 heterocycles. The van der Waals surface area contributed by atoms with Crippen LogP contribution in [0.4, 0.5) is 17.6 Å². The molecule has 1 aliphatic rings. The number of likely N-dealkylation sites (N-methyl/N-ethyl adjacent to an activating group) is 1. The lowest BCUT2D eigenvalue weighted by Gasteiger charge is -2.42. The molecule has 1 fully saturated rings. The zero-order valence-corrected chi connectivity index (χ0v) is 19.7. The minimum absolute atomic E-state index is 0.0343. The van der Waals surface area contributed by atoms with Gasteiger partial charge >= 0.3 is 6.18 Å². The molecular formula is C23H26F4N2O4S. The highest BCUT2D eigenvalue weighted by Crippen LogP contribution is 2.39. The van der Waals surface area contributed by atoms with Crippen molar-refractivity contribution in [3.8, 4) is 5.75 Å². The van der Waals surface area contributed by atoms with Crippen molar-refractivity contribution in [3.05, 3.63) is 58.9 Å². The quantitative estimate of drug-likeness (QED) is 0.353. The Morgan fingerprint density at radius 1 is 1.29 bits per heavy atom. The topological polar surface area (TPSA) is 78.9 Å². The summed E-state index contributed by atoms with van der Waals surface area (Å²) in [5.74, 6) is -1.14. The maximum atomic E-state index is 14.0. The number of benzene rings is 2. The SMILES string of the molecule is COc1cc(C(F)(F)F)cc(SC)c1C(=O)NC1(c2cccc(F)c2)CCCN(C)C1.O=CO. The molecule has 1 saturated heterocycles. The van der Waals surface area contributed by atoms with Gasteiger partial charge in [-0.3, -0.25) is 9.59 Å². The summed E-state index contributed by atoms with van der Waals surface area (Å²) in [5, 5.41) is 9.90. The molecule has 1 atom stereocenters. The second kappa shape index (κ2) is 11.6. The lowest BCUT2D eigenvalue weighted by Crippen LogP contribution is -2.55. The van der Waals surface area contributed by atoms with Crippen molar-refractivity contribution in [2.45, 2.75) is 29.5 Å². The summed E-state index contributed by atoms with van der Waals surface area (Å²) in [6.45, 7) is 1.02. The van der Waals surface area contributed by atoms with E-state index in [0.29, 0.717) is 18.5 Å². The molecule has 1 amide bonds. The van der Waals surface area contributed by atoms with Crippen LogP contribution in [0.25, 0.3) is 0 Å². The first-order chi connectivity index (χ1) is 16.0. The van der Waals surface area contributed by atoms with Gasteiger partial charge in [-0.15, -0.1) is 11.8 Å². The van der Waals surface area contributed by atoms with E-state index in [1.54, 1.807) is 18.4 Å². The summed E-state index contributed by atoms with van der Waals surface area (Å²) in [6, 6.07) is 7.83. The number of piperidine rings is 1. The van der Waals surface area contributed by atoms with Gasteiger partial charge in [-0.25, -0.2) is 4.39 Å². The molecule has 0 radical (unpaired) electrons. The van der Waals surface area contributed by atoms with Crippen LogP contribution in [0.2, 0.25) is 0 Å². The largest absolute Gasteiger partial charge is 0.496 e. The number of alkyl halides is 3. The number of carbonyl (C=O) groups is 2. The molecule has 34 heavy (non-hydrogen) atoms. The Labute approximate surface area is 199 Å². The summed E-state index contributed by atoms with van der Waals surface area (Å²) in [6.07, 6.45) is -1.62. The van der Waals surface area contributed by atoms with Crippen LogP contribution in [0.15, 0.2) is 41.3 Å². The van der Waals surface area contributed by atoms with E-state index >= 15 is 0 Å². The van der Waals surface area contributed by atoms with E-state index in [4.69, 9.17) is 14.6 Å². The average Bonchev–Trinajstić information content (AvgIpc) is 2.78. The van der Waals surface area contributed by atoms with Gasteiger partial charge in [0, 0.05) is 11.4 Å². The molecule has 0 spiro atoms. The number of methoxy groups -OCH3 is 1. The molecule has 0 saturated carbocycles.